The normalized spacial score (nSPS) is 16.3. The number of likely N-dealkylation sites (tertiary alicyclic amines) is 1. The summed E-state index contributed by atoms with van der Waals surface area (Å²) in [5.74, 6) is -0.367. The smallest absolute Gasteiger partial charge is 0.352 e. The van der Waals surface area contributed by atoms with Gasteiger partial charge in [-0.05, 0) is 49.5 Å². The number of halogens is 3. The van der Waals surface area contributed by atoms with Gasteiger partial charge in [0.25, 0.3) is 5.91 Å². The summed E-state index contributed by atoms with van der Waals surface area (Å²) in [4.78, 5) is 14.6. The lowest BCUT2D eigenvalue weighted by Crippen LogP contribution is -2.38. The van der Waals surface area contributed by atoms with Crippen molar-refractivity contribution in [3.63, 3.8) is 0 Å². The molecule has 27 heavy (non-hydrogen) atoms. The Bertz CT molecular complexity index is 754. The fourth-order valence-corrected chi connectivity index (χ4v) is 3.45. The third-order valence-electron chi connectivity index (χ3n) is 4.98. The van der Waals surface area contributed by atoms with Crippen LogP contribution in [0.3, 0.4) is 0 Å². The van der Waals surface area contributed by atoms with E-state index in [2.05, 4.69) is 22.3 Å². The zero-order valence-corrected chi connectivity index (χ0v) is 15.0. The van der Waals surface area contributed by atoms with Gasteiger partial charge in [-0.1, -0.05) is 42.5 Å². The first kappa shape index (κ1) is 19.4. The highest BCUT2D eigenvalue weighted by Crippen LogP contribution is 2.31. The van der Waals surface area contributed by atoms with E-state index in [1.165, 1.54) is 23.8 Å². The second kappa shape index (κ2) is 8.57. The summed E-state index contributed by atoms with van der Waals surface area (Å²) < 4.78 is 39.1. The summed E-state index contributed by atoms with van der Waals surface area (Å²) in [6, 6.07) is 15.2. The van der Waals surface area contributed by atoms with Crippen molar-refractivity contribution in [3.05, 3.63) is 71.3 Å². The minimum atomic E-state index is -4.53. The van der Waals surface area contributed by atoms with Crippen molar-refractivity contribution >= 4 is 5.91 Å². The second-order valence-electron chi connectivity index (χ2n) is 6.96. The minimum absolute atomic E-state index is 0.291. The molecule has 0 aliphatic carbocycles. The molecule has 1 aliphatic heterocycles. The molecule has 1 fully saturated rings. The zero-order valence-electron chi connectivity index (χ0n) is 15.0. The van der Waals surface area contributed by atoms with Gasteiger partial charge in [0.1, 0.15) is 0 Å². The van der Waals surface area contributed by atoms with Gasteiger partial charge in [-0.2, -0.15) is 13.2 Å². The summed E-state index contributed by atoms with van der Waals surface area (Å²) in [6.07, 6.45) is -2.68. The Kier molecular flexibility index (Phi) is 6.16. The van der Waals surface area contributed by atoms with E-state index >= 15 is 0 Å². The first-order valence-electron chi connectivity index (χ1n) is 9.14. The maximum atomic E-state index is 13.0. The van der Waals surface area contributed by atoms with Gasteiger partial charge in [-0.3, -0.25) is 9.69 Å². The summed E-state index contributed by atoms with van der Waals surface area (Å²) in [5, 5.41) is 2.69. The van der Waals surface area contributed by atoms with Gasteiger partial charge in [0.2, 0.25) is 0 Å². The second-order valence-corrected chi connectivity index (χ2v) is 6.96. The first-order chi connectivity index (χ1) is 12.9. The SMILES string of the molecule is O=C(NCC1CCN(Cc2ccccc2)CC1)c1ccccc1C(F)(F)F. The molecule has 1 N–H and O–H groups in total. The number of carbonyl (C=O) groups is 1. The van der Waals surface area contributed by atoms with Crippen molar-refractivity contribution in [3.8, 4) is 0 Å². The van der Waals surface area contributed by atoms with Crippen LogP contribution in [0.5, 0.6) is 0 Å². The highest BCUT2D eigenvalue weighted by molar-refractivity contribution is 5.95. The number of nitrogens with zero attached hydrogens (tertiary/aromatic N) is 1. The zero-order chi connectivity index (χ0) is 19.3. The third-order valence-corrected chi connectivity index (χ3v) is 4.98. The molecule has 0 radical (unpaired) electrons. The maximum Gasteiger partial charge on any atom is 0.417 e. The lowest BCUT2D eigenvalue weighted by Gasteiger charge is -2.32. The van der Waals surface area contributed by atoms with Crippen LogP contribution in [0.4, 0.5) is 13.2 Å². The molecule has 1 heterocycles. The number of hydrogen-bond acceptors (Lipinski definition) is 2. The summed E-state index contributed by atoms with van der Waals surface area (Å²) in [6.45, 7) is 3.16. The van der Waals surface area contributed by atoms with Gasteiger partial charge in [0.15, 0.2) is 0 Å². The number of alkyl halides is 3. The van der Waals surface area contributed by atoms with Crippen molar-refractivity contribution in [1.82, 2.24) is 10.2 Å². The van der Waals surface area contributed by atoms with E-state index < -0.39 is 17.6 Å². The molecule has 2 aromatic carbocycles. The number of rotatable bonds is 5. The number of carbonyl (C=O) groups excluding carboxylic acids is 1. The number of piperidine rings is 1. The number of nitrogens with one attached hydrogen (secondary N) is 1. The van der Waals surface area contributed by atoms with E-state index in [4.69, 9.17) is 0 Å². The summed E-state index contributed by atoms with van der Waals surface area (Å²) in [7, 11) is 0. The molecule has 144 valence electrons. The topological polar surface area (TPSA) is 32.3 Å². The Balaban J connectivity index is 1.49. The number of benzene rings is 2. The van der Waals surface area contributed by atoms with Crippen molar-refractivity contribution in [2.24, 2.45) is 5.92 Å². The molecule has 2 aromatic rings. The molecular weight excluding hydrogens is 353 g/mol. The van der Waals surface area contributed by atoms with Gasteiger partial charge >= 0.3 is 6.18 Å². The maximum absolute atomic E-state index is 13.0. The Morgan fingerprint density at radius 3 is 2.30 bits per heavy atom. The average Bonchev–Trinajstić information content (AvgIpc) is 2.67. The van der Waals surface area contributed by atoms with Gasteiger partial charge in [-0.25, -0.2) is 0 Å². The average molecular weight is 376 g/mol. The standard InChI is InChI=1S/C21H23F3N2O/c22-21(23,24)19-9-5-4-8-18(19)20(27)25-14-16-10-12-26(13-11-16)15-17-6-2-1-3-7-17/h1-9,16H,10-15H2,(H,25,27). The van der Waals surface area contributed by atoms with E-state index in [-0.39, 0.29) is 5.56 Å². The Morgan fingerprint density at radius 1 is 1.00 bits per heavy atom. The first-order valence-corrected chi connectivity index (χ1v) is 9.14. The predicted molar refractivity (Wildman–Crippen MR) is 98.2 cm³/mol. The molecule has 1 aliphatic rings. The Labute approximate surface area is 157 Å². The molecule has 0 atom stereocenters. The Morgan fingerprint density at radius 2 is 1.63 bits per heavy atom. The van der Waals surface area contributed by atoms with Crippen LogP contribution < -0.4 is 5.32 Å². The van der Waals surface area contributed by atoms with Crippen LogP contribution in [-0.4, -0.2) is 30.4 Å². The molecule has 3 nitrogen and oxygen atoms in total. The molecule has 1 saturated heterocycles. The van der Waals surface area contributed by atoms with Crippen molar-refractivity contribution in [2.75, 3.05) is 19.6 Å². The molecule has 0 saturated carbocycles. The number of amides is 1. The van der Waals surface area contributed by atoms with Gasteiger partial charge in [0.05, 0.1) is 11.1 Å². The van der Waals surface area contributed by atoms with E-state index in [1.54, 1.807) is 0 Å². The predicted octanol–water partition coefficient (Wildman–Crippen LogP) is 4.35. The molecule has 0 unspecified atom stereocenters. The Hall–Kier alpha value is -2.34. The summed E-state index contributed by atoms with van der Waals surface area (Å²) >= 11 is 0. The summed E-state index contributed by atoms with van der Waals surface area (Å²) in [5.41, 5.74) is 0.0692. The van der Waals surface area contributed by atoms with Crippen LogP contribution >= 0.6 is 0 Å². The quantitative estimate of drug-likeness (QED) is 0.842. The fraction of sp³-hybridized carbons (Fsp3) is 0.381. The minimum Gasteiger partial charge on any atom is -0.352 e. The monoisotopic (exact) mass is 376 g/mol. The van der Waals surface area contributed by atoms with E-state index in [0.717, 1.165) is 38.5 Å². The molecule has 0 bridgehead atoms. The molecule has 0 aromatic heterocycles. The van der Waals surface area contributed by atoms with Crippen molar-refractivity contribution in [2.45, 2.75) is 25.6 Å². The van der Waals surface area contributed by atoms with Gasteiger partial charge in [-0.15, -0.1) is 0 Å². The highest BCUT2D eigenvalue weighted by atomic mass is 19.4. The third kappa shape index (κ3) is 5.32. The van der Waals surface area contributed by atoms with Crippen LogP contribution in [-0.2, 0) is 12.7 Å². The molecule has 3 rings (SSSR count). The fourth-order valence-electron chi connectivity index (χ4n) is 3.45. The van der Waals surface area contributed by atoms with Crippen LogP contribution in [0.2, 0.25) is 0 Å². The van der Waals surface area contributed by atoms with E-state index in [1.807, 2.05) is 18.2 Å². The molecular formula is C21H23F3N2O. The highest BCUT2D eigenvalue weighted by Gasteiger charge is 2.34. The van der Waals surface area contributed by atoms with Crippen molar-refractivity contribution < 1.29 is 18.0 Å². The largest absolute Gasteiger partial charge is 0.417 e. The van der Waals surface area contributed by atoms with Gasteiger partial charge < -0.3 is 5.32 Å². The van der Waals surface area contributed by atoms with E-state index in [0.29, 0.717) is 12.5 Å². The van der Waals surface area contributed by atoms with Crippen LogP contribution in [0.1, 0.15) is 34.3 Å². The lowest BCUT2D eigenvalue weighted by atomic mass is 9.96. The molecule has 0 spiro atoms. The van der Waals surface area contributed by atoms with Crippen LogP contribution in [0.25, 0.3) is 0 Å². The molecule has 1 amide bonds. The van der Waals surface area contributed by atoms with Crippen LogP contribution in [0, 0.1) is 5.92 Å². The molecule has 6 heteroatoms. The van der Waals surface area contributed by atoms with Gasteiger partial charge in [0, 0.05) is 13.1 Å². The van der Waals surface area contributed by atoms with E-state index in [9.17, 15) is 18.0 Å². The lowest BCUT2D eigenvalue weighted by molar-refractivity contribution is -0.137. The van der Waals surface area contributed by atoms with Crippen LogP contribution in [0.15, 0.2) is 54.6 Å². The number of hydrogen-bond donors (Lipinski definition) is 1. The van der Waals surface area contributed by atoms with Crippen molar-refractivity contribution in [1.29, 1.82) is 0 Å².